The molecule has 0 bridgehead atoms. The first-order chi connectivity index (χ1) is 14.6. The molecule has 30 heavy (non-hydrogen) atoms. The second-order valence-corrected chi connectivity index (χ2v) is 7.60. The first-order valence-corrected chi connectivity index (χ1v) is 10.3. The Bertz CT molecular complexity index is 1100. The maximum Gasteiger partial charge on any atom is 0.337 e. The molecule has 0 aliphatic carbocycles. The number of carbonyl (C=O) groups excluding carboxylic acids is 2. The van der Waals surface area contributed by atoms with Crippen molar-refractivity contribution in [1.82, 2.24) is 0 Å². The highest BCUT2D eigenvalue weighted by molar-refractivity contribution is 7.11. The molecule has 1 amide bonds. The lowest BCUT2D eigenvalue weighted by Crippen LogP contribution is -2.12. The van der Waals surface area contributed by atoms with E-state index in [1.165, 1.54) is 34.8 Å². The Kier molecular flexibility index (Phi) is 6.91. The van der Waals surface area contributed by atoms with Crippen molar-refractivity contribution in [3.8, 4) is 17.9 Å². The Morgan fingerprint density at radius 2 is 1.47 bits per heavy atom. The van der Waals surface area contributed by atoms with Crippen molar-refractivity contribution in [3.63, 3.8) is 0 Å². The van der Waals surface area contributed by atoms with Gasteiger partial charge in [-0.25, -0.2) is 4.79 Å². The largest absolute Gasteiger partial charge is 0.421 e. The molecule has 0 saturated heterocycles. The molecule has 8 heteroatoms. The minimum absolute atomic E-state index is 0.124. The van der Waals surface area contributed by atoms with Crippen molar-refractivity contribution in [2.75, 3.05) is 5.32 Å². The number of anilines is 1. The summed E-state index contributed by atoms with van der Waals surface area (Å²) in [4.78, 5) is 26.0. The van der Waals surface area contributed by atoms with Crippen molar-refractivity contribution in [2.45, 2.75) is 0 Å². The van der Waals surface area contributed by atoms with Gasteiger partial charge in [0, 0.05) is 21.9 Å². The number of allylic oxidation sites excluding steroid dienone is 2. The lowest BCUT2D eigenvalue weighted by molar-refractivity contribution is -0.129. The summed E-state index contributed by atoms with van der Waals surface area (Å²) >= 11 is 2.68. The highest BCUT2D eigenvalue weighted by Gasteiger charge is 2.12. The van der Waals surface area contributed by atoms with Gasteiger partial charge in [-0.2, -0.15) is 10.5 Å². The zero-order chi connectivity index (χ0) is 21.3. The number of carbonyl (C=O) groups is 2. The zero-order valence-electron chi connectivity index (χ0n) is 15.4. The van der Waals surface area contributed by atoms with Crippen LogP contribution in [0.4, 0.5) is 5.69 Å². The Morgan fingerprint density at radius 1 is 0.867 bits per heavy atom. The second-order valence-electron chi connectivity index (χ2n) is 5.70. The predicted molar refractivity (Wildman–Crippen MR) is 117 cm³/mol. The monoisotopic (exact) mass is 431 g/mol. The van der Waals surface area contributed by atoms with Crippen LogP contribution >= 0.6 is 22.7 Å². The summed E-state index contributed by atoms with van der Waals surface area (Å²) in [6.07, 6.45) is 2.30. The van der Waals surface area contributed by atoms with Crippen LogP contribution in [0, 0.1) is 22.7 Å². The van der Waals surface area contributed by atoms with Crippen LogP contribution in [0.1, 0.15) is 9.75 Å². The van der Waals surface area contributed by atoms with Crippen LogP contribution in [-0.4, -0.2) is 11.9 Å². The number of benzene rings is 1. The number of rotatable bonds is 6. The van der Waals surface area contributed by atoms with Crippen LogP contribution in [0.15, 0.2) is 71.4 Å². The van der Waals surface area contributed by atoms with E-state index in [1.807, 2.05) is 17.5 Å². The molecule has 3 aromatic rings. The minimum atomic E-state index is -0.742. The second kappa shape index (κ2) is 9.99. The summed E-state index contributed by atoms with van der Waals surface area (Å²) in [7, 11) is 0. The Balaban J connectivity index is 1.76. The zero-order valence-corrected chi connectivity index (χ0v) is 17.0. The molecule has 146 valence electrons. The molecule has 1 aromatic carbocycles. The number of para-hydroxylation sites is 2. The van der Waals surface area contributed by atoms with E-state index in [2.05, 4.69) is 5.32 Å². The molecule has 0 aliphatic rings. The average molecular weight is 431 g/mol. The van der Waals surface area contributed by atoms with E-state index >= 15 is 0 Å². The Morgan fingerprint density at radius 3 is 2.03 bits per heavy atom. The molecule has 0 atom stereocenters. The summed E-state index contributed by atoms with van der Waals surface area (Å²) in [6, 6.07) is 17.4. The molecule has 0 fully saturated rings. The predicted octanol–water partition coefficient (Wildman–Crippen LogP) is 4.87. The van der Waals surface area contributed by atoms with Gasteiger partial charge in [-0.15, -0.1) is 22.7 Å². The third-order valence-corrected chi connectivity index (χ3v) is 5.51. The van der Waals surface area contributed by atoms with Gasteiger partial charge in [0.1, 0.15) is 12.1 Å². The van der Waals surface area contributed by atoms with Gasteiger partial charge < -0.3 is 10.1 Å². The molecule has 0 radical (unpaired) electrons. The van der Waals surface area contributed by atoms with Crippen LogP contribution < -0.4 is 10.1 Å². The summed E-state index contributed by atoms with van der Waals surface area (Å²) in [5.74, 6) is -1.15. The minimum Gasteiger partial charge on any atom is -0.421 e. The highest BCUT2D eigenvalue weighted by atomic mass is 32.1. The molecular formula is C22H13N3O3S2. The van der Waals surface area contributed by atoms with Gasteiger partial charge in [0.25, 0.3) is 0 Å². The third kappa shape index (κ3) is 5.30. The van der Waals surface area contributed by atoms with Gasteiger partial charge >= 0.3 is 5.97 Å². The Labute approximate surface area is 180 Å². The molecule has 0 aliphatic heterocycles. The standard InChI is InChI=1S/C22H13N3O3S2/c23-13-15(19-7-3-9-29-19)11-21(26)25-17-5-1-2-6-18(17)28-22(27)12-16(14-24)20-8-4-10-30-20/h1-12H,(H,25,26). The van der Waals surface area contributed by atoms with Crippen LogP contribution in [0.25, 0.3) is 11.1 Å². The molecule has 3 rings (SSSR count). The van der Waals surface area contributed by atoms with Crippen molar-refractivity contribution in [1.29, 1.82) is 10.5 Å². The number of ether oxygens (including phenoxy) is 1. The molecule has 2 aromatic heterocycles. The smallest absolute Gasteiger partial charge is 0.337 e. The molecular weight excluding hydrogens is 418 g/mol. The van der Waals surface area contributed by atoms with E-state index < -0.39 is 11.9 Å². The summed E-state index contributed by atoms with van der Waals surface area (Å²) in [5.41, 5.74) is 0.683. The summed E-state index contributed by atoms with van der Waals surface area (Å²) in [5, 5.41) is 24.8. The van der Waals surface area contributed by atoms with Crippen LogP contribution in [0.5, 0.6) is 5.75 Å². The number of nitrogens with one attached hydrogen (secondary N) is 1. The van der Waals surface area contributed by atoms with Crippen molar-refractivity contribution < 1.29 is 14.3 Å². The number of nitriles is 2. The first kappa shape index (κ1) is 20.7. The molecule has 2 heterocycles. The maximum atomic E-state index is 12.4. The fourth-order valence-electron chi connectivity index (χ4n) is 2.40. The summed E-state index contributed by atoms with van der Waals surface area (Å²) < 4.78 is 5.32. The normalized spacial score (nSPS) is 11.3. The van der Waals surface area contributed by atoms with E-state index in [0.717, 1.165) is 6.08 Å². The van der Waals surface area contributed by atoms with Gasteiger partial charge in [0.2, 0.25) is 5.91 Å². The van der Waals surface area contributed by atoms with Gasteiger partial charge in [0.05, 0.1) is 16.8 Å². The highest BCUT2D eigenvalue weighted by Crippen LogP contribution is 2.26. The van der Waals surface area contributed by atoms with E-state index in [1.54, 1.807) is 47.8 Å². The number of nitrogens with zero attached hydrogens (tertiary/aromatic N) is 2. The van der Waals surface area contributed by atoms with E-state index in [0.29, 0.717) is 9.75 Å². The quantitative estimate of drug-likeness (QED) is 0.260. The average Bonchev–Trinajstić information content (AvgIpc) is 3.46. The molecule has 0 saturated carbocycles. The summed E-state index contributed by atoms with van der Waals surface area (Å²) in [6.45, 7) is 0. The third-order valence-electron chi connectivity index (χ3n) is 3.71. The van der Waals surface area contributed by atoms with Crippen LogP contribution in [0.3, 0.4) is 0 Å². The molecule has 0 spiro atoms. The Hall–Kier alpha value is -3.98. The molecule has 6 nitrogen and oxygen atoms in total. The topological polar surface area (TPSA) is 103 Å². The number of hydrogen-bond acceptors (Lipinski definition) is 7. The van der Waals surface area contributed by atoms with Crippen molar-refractivity contribution in [3.05, 3.63) is 81.2 Å². The van der Waals surface area contributed by atoms with Gasteiger partial charge in [-0.05, 0) is 35.0 Å². The van der Waals surface area contributed by atoms with Gasteiger partial charge in [0.15, 0.2) is 5.75 Å². The number of amides is 1. The lowest BCUT2D eigenvalue weighted by Gasteiger charge is -2.09. The van der Waals surface area contributed by atoms with Gasteiger partial charge in [-0.1, -0.05) is 24.3 Å². The first-order valence-electron chi connectivity index (χ1n) is 8.54. The SMILES string of the molecule is N#CC(=CC(=O)Nc1ccccc1OC(=O)C=C(C#N)c1cccs1)c1cccs1. The molecule has 0 unspecified atom stereocenters. The van der Waals surface area contributed by atoms with Crippen molar-refractivity contribution >= 4 is 51.4 Å². The van der Waals surface area contributed by atoms with E-state index in [9.17, 15) is 20.1 Å². The number of esters is 1. The van der Waals surface area contributed by atoms with Gasteiger partial charge in [-0.3, -0.25) is 4.79 Å². The molecule has 1 N–H and O–H groups in total. The van der Waals surface area contributed by atoms with Crippen molar-refractivity contribution in [2.24, 2.45) is 0 Å². The van der Waals surface area contributed by atoms with E-state index in [4.69, 9.17) is 4.74 Å². The van der Waals surface area contributed by atoms with Crippen LogP contribution in [-0.2, 0) is 9.59 Å². The van der Waals surface area contributed by atoms with Crippen LogP contribution in [0.2, 0.25) is 0 Å². The fourth-order valence-corrected chi connectivity index (χ4v) is 3.78. The number of thiophene rings is 2. The maximum absolute atomic E-state index is 12.4. The van der Waals surface area contributed by atoms with E-state index in [-0.39, 0.29) is 22.6 Å². The number of hydrogen-bond donors (Lipinski definition) is 1. The fraction of sp³-hybridized carbons (Fsp3) is 0. The lowest BCUT2D eigenvalue weighted by atomic mass is 10.2.